The Morgan fingerprint density at radius 3 is 2.13 bits per heavy atom. The molecule has 382 valence electrons. The van der Waals surface area contributed by atoms with Gasteiger partial charge in [0.05, 0.1) is 25.4 Å². The van der Waals surface area contributed by atoms with Crippen LogP contribution < -0.4 is 11.4 Å². The van der Waals surface area contributed by atoms with Gasteiger partial charge in [0.15, 0.2) is 12.3 Å². The molecule has 1 saturated heterocycles. The number of hydrogen-bond donors (Lipinski definition) is 7. The molecule has 1 fully saturated rings. The first-order valence-electron chi connectivity index (χ1n) is 23.2. The molecule has 67 heavy (non-hydrogen) atoms. The fraction of sp³-hybridized carbons (Fsp3) is 0.689. The summed E-state index contributed by atoms with van der Waals surface area (Å²) >= 11 is 0. The standard InChI is InChI=1S/C45H75N3O17P2/c1-4-5-6-7-12-17-23-35(49)24-18-14-15-19-25-36(50)26-21-28-41(52)63-37(31-60-40(51)27-20-13-10-8-9-11-16-22-34(2)3)32-61-66(56,57)65-67(58,59)62-33-38-42(53)43(54)44(64-38)48-30-29-39(46)47-45(48)55/h12,14-15,17-19,24-25,29-30,34-38,42-44,49-50,53-54H,4-11,13,16,20-23,26-28,31-33H2,1-3H3,(H,56,57)(H,58,59)(H2,46,47,55)/b15-14+,17-12-,24-18+,25-19-/t35-,36-,37+,38+,42+,43+,44+/m0/s1. The molecule has 20 nitrogen and oxygen atoms in total. The van der Waals surface area contributed by atoms with Crippen LogP contribution in [0.1, 0.15) is 136 Å². The van der Waals surface area contributed by atoms with Crippen LogP contribution in [0.5, 0.6) is 0 Å². The highest BCUT2D eigenvalue weighted by Gasteiger charge is 2.46. The highest BCUT2D eigenvalue weighted by atomic mass is 31.3. The second-order valence-electron chi connectivity index (χ2n) is 16.8. The molecule has 2 heterocycles. The molecule has 0 radical (unpaired) electrons. The van der Waals surface area contributed by atoms with Crippen LogP contribution in [0.3, 0.4) is 0 Å². The van der Waals surface area contributed by atoms with Gasteiger partial charge in [0.2, 0.25) is 0 Å². The van der Waals surface area contributed by atoms with E-state index in [0.717, 1.165) is 62.1 Å². The Morgan fingerprint density at radius 1 is 0.821 bits per heavy atom. The van der Waals surface area contributed by atoms with Gasteiger partial charge in [0.25, 0.3) is 0 Å². The lowest BCUT2D eigenvalue weighted by molar-refractivity contribution is -0.161. The van der Waals surface area contributed by atoms with E-state index in [9.17, 15) is 53.7 Å². The third-order valence-electron chi connectivity index (χ3n) is 10.3. The van der Waals surface area contributed by atoms with Gasteiger partial charge in [-0.3, -0.25) is 23.2 Å². The Hall–Kier alpha value is -3.36. The molecule has 22 heteroatoms. The summed E-state index contributed by atoms with van der Waals surface area (Å²) in [7, 11) is -11.0. The van der Waals surface area contributed by atoms with Gasteiger partial charge in [0, 0.05) is 19.0 Å². The van der Waals surface area contributed by atoms with Crippen molar-refractivity contribution in [1.29, 1.82) is 0 Å². The van der Waals surface area contributed by atoms with E-state index in [1.807, 2.05) is 6.08 Å². The number of allylic oxidation sites excluding steroid dienone is 5. The van der Waals surface area contributed by atoms with Gasteiger partial charge < -0.3 is 50.2 Å². The number of nitrogens with zero attached hydrogens (tertiary/aromatic N) is 2. The summed E-state index contributed by atoms with van der Waals surface area (Å²) in [5.74, 6) is -0.882. The number of anilines is 1. The smallest absolute Gasteiger partial charge is 0.462 e. The minimum atomic E-state index is -5.48. The van der Waals surface area contributed by atoms with Crippen molar-refractivity contribution in [1.82, 2.24) is 9.55 Å². The van der Waals surface area contributed by atoms with Crippen LogP contribution in [-0.2, 0) is 46.3 Å². The van der Waals surface area contributed by atoms with Gasteiger partial charge in [0.1, 0.15) is 30.7 Å². The van der Waals surface area contributed by atoms with Gasteiger partial charge in [-0.2, -0.15) is 9.29 Å². The van der Waals surface area contributed by atoms with Crippen molar-refractivity contribution in [2.24, 2.45) is 5.92 Å². The number of aliphatic hydroxyl groups is 4. The summed E-state index contributed by atoms with van der Waals surface area (Å²) in [5, 5.41) is 41.3. The molecule has 0 bridgehead atoms. The molecular formula is C45H75N3O17P2. The molecule has 0 aromatic carbocycles. The van der Waals surface area contributed by atoms with Crippen molar-refractivity contribution in [2.45, 2.75) is 173 Å². The van der Waals surface area contributed by atoms with Gasteiger partial charge in [-0.05, 0) is 50.5 Å². The van der Waals surface area contributed by atoms with Crippen LogP contribution >= 0.6 is 15.6 Å². The maximum absolute atomic E-state index is 12.8. The molecule has 1 aromatic heterocycles. The summed E-state index contributed by atoms with van der Waals surface area (Å²) in [5.41, 5.74) is 4.55. The van der Waals surface area contributed by atoms with Gasteiger partial charge in [-0.15, -0.1) is 0 Å². The monoisotopic (exact) mass is 991 g/mol. The lowest BCUT2D eigenvalue weighted by Gasteiger charge is -2.21. The number of unbranched alkanes of at least 4 members (excludes halogenated alkanes) is 9. The molecular weight excluding hydrogens is 916 g/mol. The van der Waals surface area contributed by atoms with Crippen molar-refractivity contribution >= 4 is 33.4 Å². The summed E-state index contributed by atoms with van der Waals surface area (Å²) < 4.78 is 56.3. The first-order valence-corrected chi connectivity index (χ1v) is 26.2. The predicted molar refractivity (Wildman–Crippen MR) is 250 cm³/mol. The number of phosphoric acid groups is 2. The van der Waals surface area contributed by atoms with Crippen LogP contribution in [0.15, 0.2) is 65.7 Å². The molecule has 8 N–H and O–H groups in total. The maximum atomic E-state index is 12.8. The zero-order valence-electron chi connectivity index (χ0n) is 39.1. The van der Waals surface area contributed by atoms with Crippen LogP contribution in [0, 0.1) is 5.92 Å². The quantitative estimate of drug-likeness (QED) is 0.0126. The largest absolute Gasteiger partial charge is 0.481 e. The third-order valence-corrected chi connectivity index (χ3v) is 12.9. The molecule has 0 spiro atoms. The number of ether oxygens (including phenoxy) is 3. The molecule has 1 aliphatic heterocycles. The van der Waals surface area contributed by atoms with Crippen LogP contribution in [0.2, 0.25) is 0 Å². The molecule has 1 aliphatic rings. The summed E-state index contributed by atoms with van der Waals surface area (Å²) in [6, 6.07) is 1.23. The number of nitrogen functional groups attached to an aromatic ring is 1. The Bertz CT molecular complexity index is 1860. The van der Waals surface area contributed by atoms with E-state index in [4.69, 9.17) is 29.0 Å². The van der Waals surface area contributed by atoms with E-state index in [1.165, 1.54) is 31.4 Å². The Kier molecular flexibility index (Phi) is 29.6. The number of nitrogens with two attached hydrogens (primary N) is 1. The number of aliphatic hydroxyl groups excluding tert-OH is 4. The molecule has 2 rings (SSSR count). The number of phosphoric ester groups is 2. The van der Waals surface area contributed by atoms with E-state index in [0.29, 0.717) is 18.8 Å². The number of rotatable bonds is 36. The highest BCUT2D eigenvalue weighted by molar-refractivity contribution is 7.61. The second-order valence-corrected chi connectivity index (χ2v) is 19.8. The number of carbonyl (C=O) groups is 2. The first-order chi connectivity index (χ1) is 31.8. The molecule has 0 amide bonds. The lowest BCUT2D eigenvalue weighted by Crippen LogP contribution is -2.36. The van der Waals surface area contributed by atoms with E-state index in [-0.39, 0.29) is 31.5 Å². The van der Waals surface area contributed by atoms with E-state index >= 15 is 0 Å². The van der Waals surface area contributed by atoms with Crippen LogP contribution in [0.4, 0.5) is 5.82 Å². The summed E-state index contributed by atoms with van der Waals surface area (Å²) in [6.45, 7) is 4.03. The van der Waals surface area contributed by atoms with Crippen LogP contribution in [0.25, 0.3) is 0 Å². The second kappa shape index (κ2) is 33.2. The maximum Gasteiger partial charge on any atom is 0.481 e. The number of carbonyl (C=O) groups excluding carboxylic acids is 2. The average Bonchev–Trinajstić information content (AvgIpc) is 3.53. The van der Waals surface area contributed by atoms with Gasteiger partial charge >= 0.3 is 33.3 Å². The minimum Gasteiger partial charge on any atom is -0.462 e. The average molecular weight is 992 g/mol. The Morgan fingerprint density at radius 2 is 1.46 bits per heavy atom. The van der Waals surface area contributed by atoms with Crippen molar-refractivity contribution in [3.8, 4) is 0 Å². The third kappa shape index (κ3) is 27.4. The van der Waals surface area contributed by atoms with E-state index in [1.54, 1.807) is 30.4 Å². The van der Waals surface area contributed by atoms with Crippen LogP contribution in [-0.4, -0.2) is 108 Å². The normalized spacial score (nSPS) is 21.0. The number of hydrogen-bond acceptors (Lipinski definition) is 17. The molecule has 0 aliphatic carbocycles. The fourth-order valence-corrected chi connectivity index (χ4v) is 8.68. The van der Waals surface area contributed by atoms with E-state index < -0.39 is 95.9 Å². The Labute approximate surface area is 394 Å². The van der Waals surface area contributed by atoms with Crippen molar-refractivity contribution in [3.05, 3.63) is 71.4 Å². The summed E-state index contributed by atoms with van der Waals surface area (Å²) in [4.78, 5) is 61.7. The highest BCUT2D eigenvalue weighted by Crippen LogP contribution is 2.60. The van der Waals surface area contributed by atoms with Crippen molar-refractivity contribution < 1.29 is 76.5 Å². The first kappa shape index (κ1) is 59.8. The molecule has 2 unspecified atom stereocenters. The SMILES string of the molecule is CCCCC/C=C\C[C@H](O)/C=C/C=C/C=C\[C@H](O)CCCC(=O)O[C@H](COC(=O)CCCCCCCCCC(C)C)COP(=O)(O)OP(=O)(O)OC[C@H]1O[C@@H](n2ccc(N)nc2=O)[C@H](O)[C@@H]1O. The fourth-order valence-electron chi connectivity index (χ4n) is 6.57. The Balaban J connectivity index is 1.91. The zero-order valence-corrected chi connectivity index (χ0v) is 40.9. The van der Waals surface area contributed by atoms with Gasteiger partial charge in [-0.25, -0.2) is 13.9 Å². The molecule has 1 aromatic rings. The van der Waals surface area contributed by atoms with Crippen molar-refractivity contribution in [2.75, 3.05) is 25.6 Å². The lowest BCUT2D eigenvalue weighted by atomic mass is 10.0. The zero-order chi connectivity index (χ0) is 49.7. The molecule has 0 saturated carbocycles. The van der Waals surface area contributed by atoms with Crippen molar-refractivity contribution in [3.63, 3.8) is 0 Å². The topological polar surface area (TPSA) is 306 Å². The number of aromatic nitrogens is 2. The van der Waals surface area contributed by atoms with E-state index in [2.05, 4.69) is 36.1 Å². The van der Waals surface area contributed by atoms with Gasteiger partial charge in [-0.1, -0.05) is 127 Å². The molecule has 9 atom stereocenters. The summed E-state index contributed by atoms with van der Waals surface area (Å²) in [6.07, 6.45) is 18.7. The number of esters is 2. The predicted octanol–water partition coefficient (Wildman–Crippen LogP) is 6.40. The minimum absolute atomic E-state index is 0.0714.